The van der Waals surface area contributed by atoms with Crippen LogP contribution in [0.3, 0.4) is 0 Å². The van der Waals surface area contributed by atoms with Gasteiger partial charge in [0.25, 0.3) is 0 Å². The van der Waals surface area contributed by atoms with Crippen LogP contribution in [0.15, 0.2) is 12.1 Å². The van der Waals surface area contributed by atoms with Gasteiger partial charge in [0.2, 0.25) is 0 Å². The molecular weight excluding hydrogens is 281 g/mol. The second kappa shape index (κ2) is 4.60. The molecule has 1 aromatic rings. The van der Waals surface area contributed by atoms with Crippen molar-refractivity contribution in [2.75, 3.05) is 7.11 Å². The number of rotatable bonds is 3. The van der Waals surface area contributed by atoms with Crippen molar-refractivity contribution in [3.05, 3.63) is 23.3 Å². The molecule has 0 saturated heterocycles. The van der Waals surface area contributed by atoms with E-state index in [1.807, 2.05) is 6.07 Å². The van der Waals surface area contributed by atoms with Crippen molar-refractivity contribution in [1.29, 1.82) is 0 Å². The summed E-state index contributed by atoms with van der Waals surface area (Å²) in [6.07, 6.45) is 4.04. The molecule has 5 atom stereocenters. The summed E-state index contributed by atoms with van der Waals surface area (Å²) < 4.78 is 26.0. The van der Waals surface area contributed by atoms with Gasteiger partial charge in [0, 0.05) is 23.6 Å². The monoisotopic (exact) mass is 303 g/mol. The first-order valence-corrected chi connectivity index (χ1v) is 8.53. The summed E-state index contributed by atoms with van der Waals surface area (Å²) in [6.45, 7) is 0. The Kier molecular flexibility index (Phi) is 2.76. The molecule has 118 valence electrons. The maximum atomic E-state index is 14.5. The number of alkyl halides is 1. The van der Waals surface area contributed by atoms with Gasteiger partial charge in [-0.3, -0.25) is 0 Å². The number of ether oxygens (including phenoxy) is 2. The van der Waals surface area contributed by atoms with Gasteiger partial charge in [-0.05, 0) is 49.7 Å². The second-order valence-corrected chi connectivity index (χ2v) is 7.29. The van der Waals surface area contributed by atoms with Gasteiger partial charge in [0.05, 0.1) is 7.11 Å². The van der Waals surface area contributed by atoms with E-state index in [-0.39, 0.29) is 12.0 Å². The third-order valence-corrected chi connectivity index (χ3v) is 5.99. The highest BCUT2D eigenvalue weighted by molar-refractivity contribution is 5.57. The van der Waals surface area contributed by atoms with Crippen LogP contribution < -0.4 is 14.8 Å². The van der Waals surface area contributed by atoms with Gasteiger partial charge in [-0.1, -0.05) is 6.07 Å². The summed E-state index contributed by atoms with van der Waals surface area (Å²) in [4.78, 5) is 0. The molecule has 0 aromatic heterocycles. The Morgan fingerprint density at radius 3 is 2.86 bits per heavy atom. The Bertz CT molecular complexity index is 615. The Balaban J connectivity index is 1.60. The van der Waals surface area contributed by atoms with Crippen LogP contribution in [0.4, 0.5) is 4.39 Å². The lowest BCUT2D eigenvalue weighted by atomic mass is 9.65. The standard InChI is InChI=1S/C18H22FNO2/c1-21-14-7-2-9-8-13(20-10-3-4-10)11-5-6-12(19)17-16(11)15(9)18(14)22-17/h2,7,10-13,16-17,20H,3-6,8H2,1H3/t11?,12?,13-,16?,17+/m0/s1. The number of hydrogen-bond acceptors (Lipinski definition) is 3. The maximum absolute atomic E-state index is 14.5. The van der Waals surface area contributed by atoms with E-state index in [9.17, 15) is 4.39 Å². The first-order valence-electron chi connectivity index (χ1n) is 8.53. The Hall–Kier alpha value is -1.29. The van der Waals surface area contributed by atoms with Crippen molar-refractivity contribution in [3.8, 4) is 11.5 Å². The fourth-order valence-corrected chi connectivity index (χ4v) is 4.85. The van der Waals surface area contributed by atoms with Gasteiger partial charge in [-0.2, -0.15) is 0 Å². The Labute approximate surface area is 130 Å². The zero-order chi connectivity index (χ0) is 14.8. The maximum Gasteiger partial charge on any atom is 0.165 e. The van der Waals surface area contributed by atoms with Crippen LogP contribution in [0, 0.1) is 5.92 Å². The Morgan fingerprint density at radius 2 is 2.09 bits per heavy atom. The third-order valence-electron chi connectivity index (χ3n) is 5.99. The molecule has 5 rings (SSSR count). The average molecular weight is 303 g/mol. The minimum atomic E-state index is -0.856. The van der Waals surface area contributed by atoms with Gasteiger partial charge in [0.15, 0.2) is 11.5 Å². The fourth-order valence-electron chi connectivity index (χ4n) is 4.85. The molecule has 2 fully saturated rings. The molecule has 3 nitrogen and oxygen atoms in total. The van der Waals surface area contributed by atoms with E-state index >= 15 is 0 Å². The van der Waals surface area contributed by atoms with E-state index in [2.05, 4.69) is 11.4 Å². The van der Waals surface area contributed by atoms with Crippen LogP contribution in [0.5, 0.6) is 11.5 Å². The van der Waals surface area contributed by atoms with E-state index < -0.39 is 6.17 Å². The van der Waals surface area contributed by atoms with Crippen molar-refractivity contribution < 1.29 is 13.9 Å². The summed E-state index contributed by atoms with van der Waals surface area (Å²) in [5.41, 5.74) is 2.57. The number of methoxy groups -OCH3 is 1. The molecule has 1 aromatic carbocycles. The topological polar surface area (TPSA) is 30.5 Å². The summed E-state index contributed by atoms with van der Waals surface area (Å²) in [5.74, 6) is 2.27. The molecule has 1 N–H and O–H groups in total. The average Bonchev–Trinajstić information content (AvgIpc) is 3.24. The van der Waals surface area contributed by atoms with Gasteiger partial charge >= 0.3 is 0 Å². The Morgan fingerprint density at radius 1 is 1.23 bits per heavy atom. The quantitative estimate of drug-likeness (QED) is 0.931. The van der Waals surface area contributed by atoms with Gasteiger partial charge in [-0.15, -0.1) is 0 Å². The van der Waals surface area contributed by atoms with Crippen molar-refractivity contribution >= 4 is 0 Å². The number of halogens is 1. The molecule has 1 heterocycles. The van der Waals surface area contributed by atoms with Crippen molar-refractivity contribution in [2.45, 2.75) is 62.4 Å². The largest absolute Gasteiger partial charge is 0.493 e. The summed E-state index contributed by atoms with van der Waals surface area (Å²) in [7, 11) is 1.66. The molecule has 3 unspecified atom stereocenters. The van der Waals surface area contributed by atoms with Crippen molar-refractivity contribution in [3.63, 3.8) is 0 Å². The zero-order valence-electron chi connectivity index (χ0n) is 12.8. The van der Waals surface area contributed by atoms with Crippen LogP contribution in [-0.4, -0.2) is 31.5 Å². The molecule has 22 heavy (non-hydrogen) atoms. The molecule has 0 amide bonds. The molecule has 4 heteroatoms. The first kappa shape index (κ1) is 13.2. The van der Waals surface area contributed by atoms with Gasteiger partial charge < -0.3 is 14.8 Å². The van der Waals surface area contributed by atoms with E-state index in [1.54, 1.807) is 7.11 Å². The van der Waals surface area contributed by atoms with Crippen molar-refractivity contribution in [2.24, 2.45) is 5.92 Å². The smallest absolute Gasteiger partial charge is 0.165 e. The normalized spacial score (nSPS) is 38.4. The third kappa shape index (κ3) is 1.76. The first-order chi connectivity index (χ1) is 10.8. The lowest BCUT2D eigenvalue weighted by Crippen LogP contribution is -2.51. The predicted molar refractivity (Wildman–Crippen MR) is 81.4 cm³/mol. The lowest BCUT2D eigenvalue weighted by molar-refractivity contribution is 0.0278. The van der Waals surface area contributed by atoms with Crippen LogP contribution in [0.1, 0.15) is 42.7 Å². The molecule has 4 aliphatic rings. The number of benzene rings is 1. The molecule has 0 spiro atoms. The second-order valence-electron chi connectivity index (χ2n) is 7.29. The van der Waals surface area contributed by atoms with Crippen molar-refractivity contribution in [1.82, 2.24) is 5.32 Å². The molecular formula is C18H22FNO2. The summed E-state index contributed by atoms with van der Waals surface area (Å²) in [6, 6.07) is 5.30. The fraction of sp³-hybridized carbons (Fsp3) is 0.667. The van der Waals surface area contributed by atoms with E-state index in [4.69, 9.17) is 9.47 Å². The number of hydrogen-bond donors (Lipinski definition) is 1. The highest BCUT2D eigenvalue weighted by Crippen LogP contribution is 2.57. The van der Waals surface area contributed by atoms with Gasteiger partial charge in [-0.25, -0.2) is 4.39 Å². The molecule has 3 aliphatic carbocycles. The highest BCUT2D eigenvalue weighted by atomic mass is 19.1. The van der Waals surface area contributed by atoms with Crippen LogP contribution in [0.2, 0.25) is 0 Å². The van der Waals surface area contributed by atoms with E-state index in [0.29, 0.717) is 24.4 Å². The molecule has 2 saturated carbocycles. The summed E-state index contributed by atoms with van der Waals surface area (Å²) in [5, 5.41) is 3.81. The zero-order valence-corrected chi connectivity index (χ0v) is 12.8. The van der Waals surface area contributed by atoms with Gasteiger partial charge in [0.1, 0.15) is 12.3 Å². The SMILES string of the molecule is COc1ccc2c3c1O[C@@H]1C(F)CCC(C31)[C@@H](NC1CC1)C2. The van der Waals surface area contributed by atoms with E-state index in [0.717, 1.165) is 24.3 Å². The van der Waals surface area contributed by atoms with Crippen LogP contribution in [0.25, 0.3) is 0 Å². The predicted octanol–water partition coefficient (Wildman–Crippen LogP) is 2.96. The minimum Gasteiger partial charge on any atom is -0.493 e. The number of nitrogens with one attached hydrogen (secondary N) is 1. The minimum absolute atomic E-state index is 0.203. The molecule has 1 aliphatic heterocycles. The van der Waals surface area contributed by atoms with E-state index in [1.165, 1.54) is 24.0 Å². The molecule has 0 bridgehead atoms. The van der Waals surface area contributed by atoms with Crippen LogP contribution in [-0.2, 0) is 6.42 Å². The van der Waals surface area contributed by atoms with Crippen LogP contribution >= 0.6 is 0 Å². The lowest BCUT2D eigenvalue weighted by Gasteiger charge is -2.43. The highest BCUT2D eigenvalue weighted by Gasteiger charge is 2.54. The molecule has 0 radical (unpaired) electrons. The summed E-state index contributed by atoms with van der Waals surface area (Å²) >= 11 is 0.